The van der Waals surface area contributed by atoms with E-state index in [2.05, 4.69) is 15.9 Å². The molecular weight excluding hydrogens is 268 g/mol. The molecule has 1 heterocycles. The second kappa shape index (κ2) is 3.21. The normalized spacial score (nSPS) is 10.6. The van der Waals surface area contributed by atoms with E-state index < -0.39 is 4.92 Å². The Morgan fingerprint density at radius 3 is 2.86 bits per heavy atom. The molecule has 14 heavy (non-hydrogen) atoms. The number of nitrogens with zero attached hydrogens (tertiary/aromatic N) is 1. The van der Waals surface area contributed by atoms with E-state index in [1.165, 1.54) is 11.3 Å². The number of halogens is 1. The predicted octanol–water partition coefficient (Wildman–Crippen LogP) is 3.15. The molecule has 0 atom stereocenters. The minimum absolute atomic E-state index is 0.00167. The Hall–Kier alpha value is -1.14. The molecule has 0 spiro atoms. The van der Waals surface area contributed by atoms with Crippen molar-refractivity contribution >= 4 is 48.7 Å². The fraction of sp³-hybridized carbons (Fsp3) is 0. The lowest BCUT2D eigenvalue weighted by atomic mass is 10.2. The van der Waals surface area contributed by atoms with Gasteiger partial charge in [-0.2, -0.15) is 0 Å². The topological polar surface area (TPSA) is 69.2 Å². The van der Waals surface area contributed by atoms with Gasteiger partial charge in [-0.05, 0) is 28.1 Å². The number of anilines is 1. The average Bonchev–Trinajstić information content (AvgIpc) is 2.43. The Morgan fingerprint density at radius 2 is 2.21 bits per heavy atom. The van der Waals surface area contributed by atoms with Gasteiger partial charge in [0, 0.05) is 5.39 Å². The second-order valence-electron chi connectivity index (χ2n) is 2.73. The number of rotatable bonds is 1. The molecule has 0 saturated heterocycles. The molecule has 0 unspecified atom stereocenters. The number of nitrogen functional groups attached to an aromatic ring is 1. The average molecular weight is 273 g/mol. The first-order valence-corrected chi connectivity index (χ1v) is 5.32. The lowest BCUT2D eigenvalue weighted by Crippen LogP contribution is -1.94. The molecule has 0 aliphatic carbocycles. The predicted molar refractivity (Wildman–Crippen MR) is 60.6 cm³/mol. The first-order valence-electron chi connectivity index (χ1n) is 3.71. The van der Waals surface area contributed by atoms with Gasteiger partial charge in [0.25, 0.3) is 0 Å². The molecule has 0 saturated carbocycles. The molecule has 1 aromatic heterocycles. The zero-order chi connectivity index (χ0) is 10.3. The van der Waals surface area contributed by atoms with Crippen LogP contribution >= 0.6 is 27.3 Å². The smallest absolute Gasteiger partial charge is 0.309 e. The molecule has 6 heteroatoms. The summed E-state index contributed by atoms with van der Waals surface area (Å²) in [5.41, 5.74) is 5.75. The van der Waals surface area contributed by atoms with Crippen molar-refractivity contribution in [1.29, 1.82) is 0 Å². The summed E-state index contributed by atoms with van der Waals surface area (Å²) < 4.78 is 1.48. The fourth-order valence-electron chi connectivity index (χ4n) is 1.26. The molecule has 0 bridgehead atoms. The minimum Gasteiger partial charge on any atom is -0.393 e. The summed E-state index contributed by atoms with van der Waals surface area (Å²) in [6.07, 6.45) is 0. The number of hydrogen-bond donors (Lipinski definition) is 1. The first-order chi connectivity index (χ1) is 6.59. The van der Waals surface area contributed by atoms with Crippen LogP contribution in [0, 0.1) is 10.1 Å². The monoisotopic (exact) mass is 272 g/mol. The molecule has 2 rings (SSSR count). The van der Waals surface area contributed by atoms with Crippen molar-refractivity contribution in [1.82, 2.24) is 0 Å². The van der Waals surface area contributed by atoms with Crippen LogP contribution < -0.4 is 5.73 Å². The van der Waals surface area contributed by atoms with Gasteiger partial charge in [-0.25, -0.2) is 0 Å². The maximum atomic E-state index is 10.8. The standard InChI is InChI=1S/C8H5BrN2O2S/c9-6-3-4-1-2-5(10)7(11(12)13)8(4)14-6/h1-3H,10H2. The van der Waals surface area contributed by atoms with Gasteiger partial charge in [-0.3, -0.25) is 10.1 Å². The summed E-state index contributed by atoms with van der Waals surface area (Å²) in [5.74, 6) is 0. The van der Waals surface area contributed by atoms with Crippen molar-refractivity contribution in [2.45, 2.75) is 0 Å². The zero-order valence-corrected chi connectivity index (χ0v) is 9.26. The van der Waals surface area contributed by atoms with Crippen molar-refractivity contribution in [3.8, 4) is 0 Å². The van der Waals surface area contributed by atoms with Gasteiger partial charge in [0.05, 0.1) is 8.71 Å². The number of nitrogens with two attached hydrogens (primary N) is 1. The van der Waals surface area contributed by atoms with E-state index in [0.29, 0.717) is 4.70 Å². The first kappa shape index (κ1) is 9.42. The maximum Gasteiger partial charge on any atom is 0.309 e. The number of nitro benzene ring substituents is 1. The van der Waals surface area contributed by atoms with Crippen LogP contribution in [0.15, 0.2) is 22.0 Å². The summed E-state index contributed by atoms with van der Waals surface area (Å²) in [6, 6.07) is 5.17. The maximum absolute atomic E-state index is 10.8. The Morgan fingerprint density at radius 1 is 1.50 bits per heavy atom. The molecule has 0 aliphatic heterocycles. The van der Waals surface area contributed by atoms with Gasteiger partial charge in [0.1, 0.15) is 10.4 Å². The third kappa shape index (κ3) is 1.36. The molecule has 4 nitrogen and oxygen atoms in total. The van der Waals surface area contributed by atoms with E-state index in [0.717, 1.165) is 9.17 Å². The molecule has 0 radical (unpaired) electrons. The Labute approximate surface area is 91.6 Å². The van der Waals surface area contributed by atoms with Crippen LogP contribution in [0.25, 0.3) is 10.1 Å². The van der Waals surface area contributed by atoms with Crippen LogP contribution in [0.2, 0.25) is 0 Å². The largest absolute Gasteiger partial charge is 0.393 e. The molecule has 2 N–H and O–H groups in total. The second-order valence-corrected chi connectivity index (χ2v) is 5.16. The van der Waals surface area contributed by atoms with Crippen LogP contribution in [-0.4, -0.2) is 4.92 Å². The van der Waals surface area contributed by atoms with E-state index in [4.69, 9.17) is 5.73 Å². The molecule has 0 amide bonds. The van der Waals surface area contributed by atoms with Crippen LogP contribution in [-0.2, 0) is 0 Å². The van der Waals surface area contributed by atoms with Gasteiger partial charge < -0.3 is 5.73 Å². The highest BCUT2D eigenvalue weighted by Gasteiger charge is 2.18. The molecular formula is C8H5BrN2O2S. The summed E-state index contributed by atoms with van der Waals surface area (Å²) in [4.78, 5) is 10.3. The molecule has 1 aromatic carbocycles. The van der Waals surface area contributed by atoms with Crippen molar-refractivity contribution in [3.05, 3.63) is 32.1 Å². The number of nitro groups is 1. The number of fused-ring (bicyclic) bond motifs is 1. The zero-order valence-electron chi connectivity index (χ0n) is 6.86. The summed E-state index contributed by atoms with van der Waals surface area (Å²) in [5, 5.41) is 11.6. The SMILES string of the molecule is Nc1ccc2cc(Br)sc2c1[N+](=O)[O-]. The van der Waals surface area contributed by atoms with Crippen LogP contribution in [0.1, 0.15) is 0 Å². The highest BCUT2D eigenvalue weighted by atomic mass is 79.9. The third-order valence-corrected chi connectivity index (χ3v) is 3.50. The highest BCUT2D eigenvalue weighted by molar-refractivity contribution is 9.11. The summed E-state index contributed by atoms with van der Waals surface area (Å²) >= 11 is 4.60. The molecule has 0 fully saturated rings. The minimum atomic E-state index is -0.444. The molecule has 72 valence electrons. The summed E-state index contributed by atoms with van der Waals surface area (Å²) in [7, 11) is 0. The quantitative estimate of drug-likeness (QED) is 0.493. The van der Waals surface area contributed by atoms with E-state index in [1.54, 1.807) is 12.1 Å². The molecule has 2 aromatic rings. The number of benzene rings is 1. The Balaban J connectivity index is 2.88. The van der Waals surface area contributed by atoms with Gasteiger partial charge >= 0.3 is 5.69 Å². The van der Waals surface area contributed by atoms with E-state index in [1.807, 2.05) is 6.07 Å². The van der Waals surface area contributed by atoms with Crippen LogP contribution in [0.3, 0.4) is 0 Å². The Bertz CT molecular complexity index is 523. The van der Waals surface area contributed by atoms with Crippen molar-refractivity contribution in [3.63, 3.8) is 0 Å². The van der Waals surface area contributed by atoms with E-state index in [9.17, 15) is 10.1 Å². The number of hydrogen-bond acceptors (Lipinski definition) is 4. The van der Waals surface area contributed by atoms with Gasteiger partial charge in [0.15, 0.2) is 0 Å². The highest BCUT2D eigenvalue weighted by Crippen LogP contribution is 2.39. The van der Waals surface area contributed by atoms with Crippen molar-refractivity contribution < 1.29 is 4.92 Å². The Kier molecular flexibility index (Phi) is 2.16. The van der Waals surface area contributed by atoms with E-state index in [-0.39, 0.29) is 11.4 Å². The van der Waals surface area contributed by atoms with Gasteiger partial charge in [-0.15, -0.1) is 11.3 Å². The number of thiophene rings is 1. The lowest BCUT2D eigenvalue weighted by molar-refractivity contribution is -0.381. The third-order valence-electron chi connectivity index (χ3n) is 1.84. The van der Waals surface area contributed by atoms with Crippen LogP contribution in [0.4, 0.5) is 11.4 Å². The van der Waals surface area contributed by atoms with Crippen LogP contribution in [0.5, 0.6) is 0 Å². The van der Waals surface area contributed by atoms with E-state index >= 15 is 0 Å². The fourth-order valence-corrected chi connectivity index (χ4v) is 2.91. The van der Waals surface area contributed by atoms with Crippen molar-refractivity contribution in [2.24, 2.45) is 0 Å². The van der Waals surface area contributed by atoms with Crippen molar-refractivity contribution in [2.75, 3.05) is 5.73 Å². The van der Waals surface area contributed by atoms with Gasteiger partial charge in [-0.1, -0.05) is 6.07 Å². The summed E-state index contributed by atoms with van der Waals surface area (Å²) in [6.45, 7) is 0. The molecule has 0 aliphatic rings. The lowest BCUT2D eigenvalue weighted by Gasteiger charge is -1.96. The van der Waals surface area contributed by atoms with Gasteiger partial charge in [0.2, 0.25) is 0 Å².